The number of likely N-dealkylation sites (N-methyl/N-ethyl adjacent to an activating group) is 1. The van der Waals surface area contributed by atoms with Crippen LogP contribution in [0.2, 0.25) is 0 Å². The molecule has 1 heterocycles. The molecule has 104 valence electrons. The highest BCUT2D eigenvalue weighted by Crippen LogP contribution is 2.08. The van der Waals surface area contributed by atoms with Crippen LogP contribution in [0, 0.1) is 0 Å². The molecule has 18 heavy (non-hydrogen) atoms. The Balaban J connectivity index is 2.02. The van der Waals surface area contributed by atoms with Crippen LogP contribution in [0.1, 0.15) is 45.1 Å². The second-order valence-corrected chi connectivity index (χ2v) is 6.00. The van der Waals surface area contributed by atoms with Crippen LogP contribution in [0.3, 0.4) is 0 Å². The SMILES string of the molecule is CCCCCC(C)NCCN(C)Cc1ccsc1. The van der Waals surface area contributed by atoms with Gasteiger partial charge in [-0.1, -0.05) is 26.2 Å². The summed E-state index contributed by atoms with van der Waals surface area (Å²) in [5, 5.41) is 8.00. The van der Waals surface area contributed by atoms with E-state index in [0.717, 1.165) is 19.6 Å². The molecule has 0 bridgehead atoms. The van der Waals surface area contributed by atoms with Crippen LogP contribution in [0.4, 0.5) is 0 Å². The van der Waals surface area contributed by atoms with Gasteiger partial charge in [-0.05, 0) is 42.8 Å². The first-order chi connectivity index (χ1) is 8.72. The van der Waals surface area contributed by atoms with Crippen molar-refractivity contribution in [1.29, 1.82) is 0 Å². The van der Waals surface area contributed by atoms with Crippen molar-refractivity contribution in [2.24, 2.45) is 0 Å². The molecule has 0 saturated carbocycles. The first-order valence-corrected chi connectivity index (χ1v) is 8.09. The Hall–Kier alpha value is -0.380. The van der Waals surface area contributed by atoms with E-state index in [1.165, 1.54) is 31.2 Å². The Labute approximate surface area is 116 Å². The van der Waals surface area contributed by atoms with Gasteiger partial charge >= 0.3 is 0 Å². The molecule has 1 atom stereocenters. The summed E-state index contributed by atoms with van der Waals surface area (Å²) < 4.78 is 0. The number of hydrogen-bond acceptors (Lipinski definition) is 3. The standard InChI is InChI=1S/C15H28N2S/c1-4-5-6-7-14(2)16-9-10-17(3)12-15-8-11-18-13-15/h8,11,13-14,16H,4-7,9-10,12H2,1-3H3. The molecular weight excluding hydrogens is 240 g/mol. The summed E-state index contributed by atoms with van der Waals surface area (Å²) in [5.74, 6) is 0. The molecular formula is C15H28N2S. The number of hydrogen-bond donors (Lipinski definition) is 1. The molecule has 0 aliphatic heterocycles. The minimum Gasteiger partial charge on any atom is -0.313 e. The van der Waals surface area contributed by atoms with Gasteiger partial charge in [0.15, 0.2) is 0 Å². The van der Waals surface area contributed by atoms with Crippen molar-refractivity contribution in [3.63, 3.8) is 0 Å². The highest BCUT2D eigenvalue weighted by Gasteiger charge is 2.03. The van der Waals surface area contributed by atoms with Gasteiger partial charge in [0.2, 0.25) is 0 Å². The topological polar surface area (TPSA) is 15.3 Å². The maximum absolute atomic E-state index is 3.61. The van der Waals surface area contributed by atoms with Crippen LogP contribution in [0.5, 0.6) is 0 Å². The van der Waals surface area contributed by atoms with Gasteiger partial charge in [0, 0.05) is 25.7 Å². The van der Waals surface area contributed by atoms with Crippen molar-refractivity contribution in [2.45, 2.75) is 52.1 Å². The summed E-state index contributed by atoms with van der Waals surface area (Å²) in [6.07, 6.45) is 5.34. The molecule has 1 aromatic rings. The third kappa shape index (κ3) is 7.14. The zero-order chi connectivity index (χ0) is 13.2. The molecule has 0 spiro atoms. The van der Waals surface area contributed by atoms with Crippen molar-refractivity contribution >= 4 is 11.3 Å². The molecule has 0 amide bonds. The lowest BCUT2D eigenvalue weighted by atomic mass is 10.1. The molecule has 3 heteroatoms. The molecule has 1 N–H and O–H groups in total. The number of nitrogens with zero attached hydrogens (tertiary/aromatic N) is 1. The Morgan fingerprint density at radius 3 is 2.89 bits per heavy atom. The van der Waals surface area contributed by atoms with Gasteiger partial charge < -0.3 is 10.2 Å². The Kier molecular flexibility index (Phi) is 8.31. The zero-order valence-electron chi connectivity index (χ0n) is 12.1. The fraction of sp³-hybridized carbons (Fsp3) is 0.733. The van der Waals surface area contributed by atoms with Gasteiger partial charge in [-0.3, -0.25) is 0 Å². The number of unbranched alkanes of at least 4 members (excludes halogenated alkanes) is 2. The van der Waals surface area contributed by atoms with Gasteiger partial charge in [0.25, 0.3) is 0 Å². The summed E-state index contributed by atoms with van der Waals surface area (Å²) in [6, 6.07) is 2.87. The van der Waals surface area contributed by atoms with E-state index < -0.39 is 0 Å². The van der Waals surface area contributed by atoms with Crippen LogP contribution in [0.15, 0.2) is 16.8 Å². The quantitative estimate of drug-likeness (QED) is 0.650. The van der Waals surface area contributed by atoms with Crippen LogP contribution in [-0.4, -0.2) is 31.1 Å². The minimum absolute atomic E-state index is 0.658. The number of nitrogens with one attached hydrogen (secondary N) is 1. The molecule has 0 saturated heterocycles. The lowest BCUT2D eigenvalue weighted by Gasteiger charge is -2.19. The first-order valence-electron chi connectivity index (χ1n) is 7.15. The molecule has 1 unspecified atom stereocenters. The third-order valence-corrected chi connectivity index (χ3v) is 3.99. The average molecular weight is 268 g/mol. The van der Waals surface area contributed by atoms with E-state index in [1.807, 2.05) is 0 Å². The van der Waals surface area contributed by atoms with Crippen molar-refractivity contribution in [1.82, 2.24) is 10.2 Å². The first kappa shape index (κ1) is 15.7. The van der Waals surface area contributed by atoms with Crippen molar-refractivity contribution < 1.29 is 0 Å². The fourth-order valence-corrected chi connectivity index (χ4v) is 2.74. The van der Waals surface area contributed by atoms with Crippen molar-refractivity contribution in [3.8, 4) is 0 Å². The Bertz CT molecular complexity index is 285. The van der Waals surface area contributed by atoms with Crippen LogP contribution < -0.4 is 5.32 Å². The van der Waals surface area contributed by atoms with E-state index in [-0.39, 0.29) is 0 Å². The predicted molar refractivity (Wildman–Crippen MR) is 82.3 cm³/mol. The minimum atomic E-state index is 0.658. The second-order valence-electron chi connectivity index (χ2n) is 5.22. The Morgan fingerprint density at radius 1 is 1.39 bits per heavy atom. The largest absolute Gasteiger partial charge is 0.313 e. The molecule has 1 aromatic heterocycles. The highest BCUT2D eigenvalue weighted by molar-refractivity contribution is 7.07. The van der Waals surface area contributed by atoms with Gasteiger partial charge in [-0.2, -0.15) is 11.3 Å². The van der Waals surface area contributed by atoms with E-state index >= 15 is 0 Å². The fourth-order valence-electron chi connectivity index (χ4n) is 2.08. The van der Waals surface area contributed by atoms with Gasteiger partial charge in [0.05, 0.1) is 0 Å². The van der Waals surface area contributed by atoms with Crippen LogP contribution in [0.25, 0.3) is 0 Å². The molecule has 0 aliphatic rings. The van der Waals surface area contributed by atoms with Crippen molar-refractivity contribution in [3.05, 3.63) is 22.4 Å². The molecule has 1 rings (SSSR count). The van der Waals surface area contributed by atoms with Crippen LogP contribution in [-0.2, 0) is 6.54 Å². The predicted octanol–water partition coefficient (Wildman–Crippen LogP) is 3.74. The molecule has 0 aliphatic carbocycles. The highest BCUT2D eigenvalue weighted by atomic mass is 32.1. The molecule has 2 nitrogen and oxygen atoms in total. The number of thiophene rings is 1. The summed E-state index contributed by atoms with van der Waals surface area (Å²) in [7, 11) is 2.20. The van der Waals surface area contributed by atoms with E-state index in [1.54, 1.807) is 11.3 Å². The van der Waals surface area contributed by atoms with E-state index in [2.05, 4.69) is 47.9 Å². The maximum atomic E-state index is 3.61. The lowest BCUT2D eigenvalue weighted by molar-refractivity contribution is 0.316. The van der Waals surface area contributed by atoms with Gasteiger partial charge in [0.1, 0.15) is 0 Å². The van der Waals surface area contributed by atoms with Gasteiger partial charge in [-0.25, -0.2) is 0 Å². The third-order valence-electron chi connectivity index (χ3n) is 3.26. The Morgan fingerprint density at radius 2 is 2.22 bits per heavy atom. The maximum Gasteiger partial charge on any atom is 0.0239 e. The smallest absolute Gasteiger partial charge is 0.0239 e. The van der Waals surface area contributed by atoms with E-state index in [9.17, 15) is 0 Å². The summed E-state index contributed by atoms with van der Waals surface area (Å²) in [6.45, 7) is 7.84. The van der Waals surface area contributed by atoms with E-state index in [0.29, 0.717) is 6.04 Å². The zero-order valence-corrected chi connectivity index (χ0v) is 12.9. The lowest BCUT2D eigenvalue weighted by Crippen LogP contribution is -2.34. The van der Waals surface area contributed by atoms with E-state index in [4.69, 9.17) is 0 Å². The van der Waals surface area contributed by atoms with Crippen LogP contribution >= 0.6 is 11.3 Å². The average Bonchev–Trinajstić information content (AvgIpc) is 2.82. The number of rotatable bonds is 10. The second kappa shape index (κ2) is 9.54. The summed E-state index contributed by atoms with van der Waals surface area (Å²) in [5.41, 5.74) is 1.43. The molecule has 0 fully saturated rings. The summed E-state index contributed by atoms with van der Waals surface area (Å²) in [4.78, 5) is 2.38. The monoisotopic (exact) mass is 268 g/mol. The molecule has 0 aromatic carbocycles. The normalized spacial score (nSPS) is 13.1. The molecule has 0 radical (unpaired) electrons. The summed E-state index contributed by atoms with van der Waals surface area (Å²) >= 11 is 1.78. The van der Waals surface area contributed by atoms with Crippen molar-refractivity contribution in [2.75, 3.05) is 20.1 Å². The van der Waals surface area contributed by atoms with Gasteiger partial charge in [-0.15, -0.1) is 0 Å².